The van der Waals surface area contributed by atoms with E-state index in [1.165, 1.54) is 23.6 Å². The van der Waals surface area contributed by atoms with Crippen LogP contribution in [0.4, 0.5) is 17.2 Å². The van der Waals surface area contributed by atoms with Crippen LogP contribution in [-0.2, 0) is 11.3 Å². The van der Waals surface area contributed by atoms with Crippen LogP contribution in [0.25, 0.3) is 0 Å². The molecule has 4 N–H and O–H groups in total. The first-order chi connectivity index (χ1) is 17.9. The van der Waals surface area contributed by atoms with Gasteiger partial charge in [0.1, 0.15) is 10.7 Å². The van der Waals surface area contributed by atoms with Crippen molar-refractivity contribution in [3.63, 3.8) is 0 Å². The van der Waals surface area contributed by atoms with Gasteiger partial charge in [0.15, 0.2) is 0 Å². The Kier molecular flexibility index (Phi) is 9.60. The van der Waals surface area contributed by atoms with Crippen molar-refractivity contribution in [3.05, 3.63) is 66.9 Å². The molecule has 0 atom stereocenters. The van der Waals surface area contributed by atoms with Crippen molar-refractivity contribution in [1.29, 1.82) is 0 Å². The van der Waals surface area contributed by atoms with Gasteiger partial charge in [-0.1, -0.05) is 34.8 Å². The molecular weight excluding hydrogens is 561 g/mol. The van der Waals surface area contributed by atoms with Crippen molar-refractivity contribution in [2.75, 3.05) is 55.0 Å². The van der Waals surface area contributed by atoms with Gasteiger partial charge in [-0.3, -0.25) is 9.59 Å². The van der Waals surface area contributed by atoms with E-state index < -0.39 is 11.8 Å². The van der Waals surface area contributed by atoms with Crippen LogP contribution < -0.4 is 20.9 Å². The van der Waals surface area contributed by atoms with Crippen LogP contribution >= 0.6 is 46.1 Å². The maximum absolute atomic E-state index is 13.4. The Hall–Kier alpha value is -2.44. The zero-order chi connectivity index (χ0) is 26.4. The molecule has 1 aliphatic rings. The molecule has 0 unspecified atom stereocenters. The lowest BCUT2D eigenvalue weighted by Crippen LogP contribution is -2.37. The van der Waals surface area contributed by atoms with E-state index in [1.807, 2.05) is 4.90 Å². The average molecular weight is 585 g/mol. The molecule has 0 saturated carbocycles. The predicted octanol–water partition coefficient (Wildman–Crippen LogP) is 4.53. The van der Waals surface area contributed by atoms with E-state index in [2.05, 4.69) is 20.9 Å². The fourth-order valence-corrected chi connectivity index (χ4v) is 5.30. The van der Waals surface area contributed by atoms with Gasteiger partial charge in [0.2, 0.25) is 0 Å². The van der Waals surface area contributed by atoms with Gasteiger partial charge in [-0.2, -0.15) is 0 Å². The minimum atomic E-state index is -0.506. The number of aliphatic hydroxyl groups excluding tert-OH is 1. The Morgan fingerprint density at radius 2 is 1.86 bits per heavy atom. The molecule has 3 aromatic rings. The fourth-order valence-electron chi connectivity index (χ4n) is 3.71. The molecule has 0 bridgehead atoms. The van der Waals surface area contributed by atoms with Crippen molar-refractivity contribution in [2.45, 2.75) is 6.54 Å². The summed E-state index contributed by atoms with van der Waals surface area (Å²) < 4.78 is 5.47. The fraction of sp³-hybridized carbons (Fsp3) is 0.292. The third kappa shape index (κ3) is 6.91. The summed E-state index contributed by atoms with van der Waals surface area (Å²) in [5, 5.41) is 20.5. The standard InChI is InChI=1S/C24H24Cl3N5O4S/c25-15-1-2-19(29-12-15)30-23(34)17-9-16(26)10-18(32-4-7-36-8-5-32)21(17)31-24(35)22-20(27)14(13-37-22)11-28-3-6-33/h1-2,9-10,12-13,28,33H,3-8,11H2,(H,31,35)(H,29,30,34). The SMILES string of the molecule is O=C(Nc1ccc(Cl)cn1)c1cc(Cl)cc(N2CCOCC2)c1NC(=O)c1scc(CNCCO)c1Cl. The van der Waals surface area contributed by atoms with Crippen LogP contribution in [0, 0.1) is 0 Å². The molecule has 1 saturated heterocycles. The molecule has 9 nitrogen and oxygen atoms in total. The number of nitrogens with zero attached hydrogens (tertiary/aromatic N) is 2. The van der Waals surface area contributed by atoms with Gasteiger partial charge in [-0.25, -0.2) is 4.98 Å². The summed E-state index contributed by atoms with van der Waals surface area (Å²) >= 11 is 20.0. The molecule has 0 radical (unpaired) electrons. The van der Waals surface area contributed by atoms with Gasteiger partial charge >= 0.3 is 0 Å². The lowest BCUT2D eigenvalue weighted by atomic mass is 10.1. The number of anilines is 3. The normalized spacial score (nSPS) is 13.5. The molecule has 2 aromatic heterocycles. The largest absolute Gasteiger partial charge is 0.395 e. The summed E-state index contributed by atoms with van der Waals surface area (Å²) in [6.07, 6.45) is 1.42. The van der Waals surface area contributed by atoms with Crippen LogP contribution in [0.2, 0.25) is 15.1 Å². The molecule has 0 aliphatic carbocycles. The molecule has 2 amide bonds. The van der Waals surface area contributed by atoms with Crippen molar-refractivity contribution in [3.8, 4) is 0 Å². The highest BCUT2D eigenvalue weighted by molar-refractivity contribution is 7.13. The minimum absolute atomic E-state index is 0.00757. The molecular formula is C24H24Cl3N5O4S. The number of hydrogen-bond acceptors (Lipinski definition) is 8. The van der Waals surface area contributed by atoms with Gasteiger partial charge in [-0.05, 0) is 35.2 Å². The maximum Gasteiger partial charge on any atom is 0.267 e. The number of hydrogen-bond donors (Lipinski definition) is 4. The van der Waals surface area contributed by atoms with Crippen LogP contribution in [0.5, 0.6) is 0 Å². The van der Waals surface area contributed by atoms with Crippen LogP contribution in [-0.4, -0.2) is 61.4 Å². The first-order valence-corrected chi connectivity index (χ1v) is 13.4. The number of aliphatic hydroxyl groups is 1. The number of ether oxygens (including phenoxy) is 1. The third-order valence-corrected chi connectivity index (χ3v) is 7.51. The number of aromatic nitrogens is 1. The first-order valence-electron chi connectivity index (χ1n) is 11.3. The van der Waals surface area contributed by atoms with E-state index in [0.717, 1.165) is 5.56 Å². The maximum atomic E-state index is 13.4. The number of thiophene rings is 1. The van der Waals surface area contributed by atoms with Gasteiger partial charge in [0.05, 0.1) is 46.8 Å². The molecule has 196 valence electrons. The summed E-state index contributed by atoms with van der Waals surface area (Å²) in [5.74, 6) is -0.673. The summed E-state index contributed by atoms with van der Waals surface area (Å²) in [5.41, 5.74) is 1.79. The van der Waals surface area contributed by atoms with E-state index >= 15 is 0 Å². The summed E-state index contributed by atoms with van der Waals surface area (Å²) in [6, 6.07) is 6.38. The number of amides is 2. The second-order valence-corrected chi connectivity index (χ2v) is 10.2. The molecule has 1 fully saturated rings. The summed E-state index contributed by atoms with van der Waals surface area (Å²) in [6.45, 7) is 2.92. The highest BCUT2D eigenvalue weighted by Crippen LogP contribution is 2.36. The van der Waals surface area contributed by atoms with E-state index in [1.54, 1.807) is 23.6 Å². The molecule has 1 aromatic carbocycles. The lowest BCUT2D eigenvalue weighted by Gasteiger charge is -2.31. The molecule has 0 spiro atoms. The topological polar surface area (TPSA) is 116 Å². The number of halogens is 3. The van der Waals surface area contributed by atoms with Crippen molar-refractivity contribution < 1.29 is 19.4 Å². The minimum Gasteiger partial charge on any atom is -0.395 e. The second kappa shape index (κ2) is 12.9. The second-order valence-electron chi connectivity index (χ2n) is 8.02. The quantitative estimate of drug-likeness (QED) is 0.273. The number of pyridine rings is 1. The molecule has 13 heteroatoms. The lowest BCUT2D eigenvalue weighted by molar-refractivity contribution is 0.102. The Balaban J connectivity index is 1.68. The molecule has 4 rings (SSSR count). The zero-order valence-corrected chi connectivity index (χ0v) is 22.6. The Morgan fingerprint density at radius 1 is 1.08 bits per heavy atom. The van der Waals surface area contributed by atoms with Gasteiger partial charge in [0, 0.05) is 37.4 Å². The van der Waals surface area contributed by atoms with Crippen molar-refractivity contribution in [2.24, 2.45) is 0 Å². The molecule has 37 heavy (non-hydrogen) atoms. The van der Waals surface area contributed by atoms with E-state index in [9.17, 15) is 9.59 Å². The summed E-state index contributed by atoms with van der Waals surface area (Å²) in [4.78, 5) is 33.2. The van der Waals surface area contributed by atoms with Crippen LogP contribution in [0.15, 0.2) is 35.8 Å². The monoisotopic (exact) mass is 583 g/mol. The van der Waals surface area contributed by atoms with Gasteiger partial charge < -0.3 is 30.7 Å². The highest BCUT2D eigenvalue weighted by Gasteiger charge is 2.25. The molecule has 3 heterocycles. The third-order valence-electron chi connectivity index (χ3n) is 5.50. The van der Waals surface area contributed by atoms with E-state index in [0.29, 0.717) is 76.5 Å². The number of morpholine rings is 1. The Bertz CT molecular complexity index is 1270. The van der Waals surface area contributed by atoms with Crippen LogP contribution in [0.3, 0.4) is 0 Å². The van der Waals surface area contributed by atoms with E-state index in [-0.39, 0.29) is 12.2 Å². The zero-order valence-electron chi connectivity index (χ0n) is 19.5. The highest BCUT2D eigenvalue weighted by atomic mass is 35.5. The smallest absolute Gasteiger partial charge is 0.267 e. The number of carbonyl (C=O) groups is 2. The first kappa shape index (κ1) is 27.6. The number of rotatable bonds is 9. The molecule has 1 aliphatic heterocycles. The van der Waals surface area contributed by atoms with Crippen LogP contribution in [0.1, 0.15) is 25.6 Å². The number of nitrogens with one attached hydrogen (secondary N) is 3. The average Bonchev–Trinajstić information content (AvgIpc) is 3.27. The van der Waals surface area contributed by atoms with E-state index in [4.69, 9.17) is 44.6 Å². The Labute approximate surface area is 232 Å². The van der Waals surface area contributed by atoms with Crippen molar-refractivity contribution in [1.82, 2.24) is 10.3 Å². The van der Waals surface area contributed by atoms with Gasteiger partial charge in [-0.15, -0.1) is 11.3 Å². The predicted molar refractivity (Wildman–Crippen MR) is 148 cm³/mol. The Morgan fingerprint density at radius 3 is 2.57 bits per heavy atom. The number of carbonyl (C=O) groups excluding carboxylic acids is 2. The van der Waals surface area contributed by atoms with Gasteiger partial charge in [0.25, 0.3) is 11.8 Å². The summed E-state index contributed by atoms with van der Waals surface area (Å²) in [7, 11) is 0. The van der Waals surface area contributed by atoms with Crippen molar-refractivity contribution >= 4 is 75.1 Å². The number of benzene rings is 1.